The Hall–Kier alpha value is -1.55. The van der Waals surface area contributed by atoms with Crippen LogP contribution in [0.5, 0.6) is 0 Å². The van der Waals surface area contributed by atoms with Gasteiger partial charge in [-0.1, -0.05) is 53.5 Å². The van der Waals surface area contributed by atoms with Gasteiger partial charge in [0.1, 0.15) is 0 Å². The molecule has 2 rings (SSSR count). The van der Waals surface area contributed by atoms with Gasteiger partial charge in [-0.05, 0) is 23.3 Å². The molecule has 0 aliphatic carbocycles. The van der Waals surface area contributed by atoms with E-state index in [1.165, 1.54) is 0 Å². The summed E-state index contributed by atoms with van der Waals surface area (Å²) in [7, 11) is 0. The van der Waals surface area contributed by atoms with Gasteiger partial charge in [0.15, 0.2) is 0 Å². The number of carbonyl (C=O) groups is 1. The van der Waals surface area contributed by atoms with E-state index in [9.17, 15) is 4.79 Å². The van der Waals surface area contributed by atoms with Crippen molar-refractivity contribution < 1.29 is 4.79 Å². The average molecular weight is 309 g/mol. The Morgan fingerprint density at radius 2 is 1.70 bits per heavy atom. The van der Waals surface area contributed by atoms with E-state index in [0.717, 1.165) is 11.1 Å². The molecule has 104 valence electrons. The van der Waals surface area contributed by atoms with Crippen LogP contribution in [-0.4, -0.2) is 5.91 Å². The molecule has 20 heavy (non-hydrogen) atoms. The third-order valence-corrected chi connectivity index (χ3v) is 3.73. The maximum Gasteiger partial charge on any atom is 0.253 e. The van der Waals surface area contributed by atoms with Crippen LogP contribution in [0.1, 0.15) is 21.5 Å². The highest BCUT2D eigenvalue weighted by molar-refractivity contribution is 6.43. The minimum absolute atomic E-state index is 0.250. The van der Waals surface area contributed by atoms with Gasteiger partial charge in [0, 0.05) is 13.1 Å². The summed E-state index contributed by atoms with van der Waals surface area (Å²) < 4.78 is 0. The minimum atomic E-state index is -0.250. The number of carbonyl (C=O) groups excluding carboxylic acids is 1. The smallest absolute Gasteiger partial charge is 0.253 e. The minimum Gasteiger partial charge on any atom is -0.348 e. The van der Waals surface area contributed by atoms with E-state index in [0.29, 0.717) is 23.7 Å². The second kappa shape index (κ2) is 6.75. The Balaban J connectivity index is 2.02. The molecular formula is C15H14Cl2N2O. The van der Waals surface area contributed by atoms with Gasteiger partial charge in [-0.2, -0.15) is 0 Å². The number of hydrogen-bond acceptors (Lipinski definition) is 2. The number of halogens is 2. The van der Waals surface area contributed by atoms with Crippen molar-refractivity contribution in [2.24, 2.45) is 5.73 Å². The molecule has 3 N–H and O–H groups in total. The fraction of sp³-hybridized carbons (Fsp3) is 0.133. The zero-order valence-corrected chi connectivity index (χ0v) is 12.2. The molecule has 0 fully saturated rings. The third-order valence-electron chi connectivity index (χ3n) is 2.91. The van der Waals surface area contributed by atoms with Crippen molar-refractivity contribution in [1.29, 1.82) is 0 Å². The highest BCUT2D eigenvalue weighted by Crippen LogP contribution is 2.25. The predicted molar refractivity (Wildman–Crippen MR) is 82.0 cm³/mol. The second-order valence-electron chi connectivity index (χ2n) is 4.30. The Morgan fingerprint density at radius 3 is 2.35 bits per heavy atom. The molecule has 0 aliphatic rings. The van der Waals surface area contributed by atoms with Crippen LogP contribution < -0.4 is 11.1 Å². The third kappa shape index (κ3) is 3.51. The molecule has 2 aromatic carbocycles. The Morgan fingerprint density at radius 1 is 1.05 bits per heavy atom. The van der Waals surface area contributed by atoms with Crippen LogP contribution in [0.2, 0.25) is 10.0 Å². The van der Waals surface area contributed by atoms with Crippen LogP contribution in [0.4, 0.5) is 0 Å². The molecule has 0 radical (unpaired) electrons. The van der Waals surface area contributed by atoms with Gasteiger partial charge in [-0.15, -0.1) is 0 Å². The van der Waals surface area contributed by atoms with E-state index >= 15 is 0 Å². The fourth-order valence-electron chi connectivity index (χ4n) is 1.75. The summed E-state index contributed by atoms with van der Waals surface area (Å²) in [6, 6.07) is 12.7. The lowest BCUT2D eigenvalue weighted by atomic mass is 10.1. The van der Waals surface area contributed by atoms with Gasteiger partial charge in [-0.25, -0.2) is 0 Å². The van der Waals surface area contributed by atoms with Crippen LogP contribution in [-0.2, 0) is 13.1 Å². The van der Waals surface area contributed by atoms with E-state index in [1.54, 1.807) is 18.2 Å². The van der Waals surface area contributed by atoms with Gasteiger partial charge >= 0.3 is 0 Å². The maximum absolute atomic E-state index is 12.0. The van der Waals surface area contributed by atoms with Crippen LogP contribution in [0.15, 0.2) is 42.5 Å². The molecule has 0 saturated carbocycles. The molecule has 2 aromatic rings. The van der Waals surface area contributed by atoms with Crippen molar-refractivity contribution in [2.45, 2.75) is 13.1 Å². The van der Waals surface area contributed by atoms with E-state index in [1.807, 2.05) is 24.3 Å². The lowest BCUT2D eigenvalue weighted by Crippen LogP contribution is -2.23. The summed E-state index contributed by atoms with van der Waals surface area (Å²) >= 11 is 11.9. The van der Waals surface area contributed by atoms with Crippen LogP contribution in [0.3, 0.4) is 0 Å². The largest absolute Gasteiger partial charge is 0.348 e. The Labute approximate surface area is 127 Å². The summed E-state index contributed by atoms with van der Waals surface area (Å²) in [6.07, 6.45) is 0. The fourth-order valence-corrected chi connectivity index (χ4v) is 2.14. The summed E-state index contributed by atoms with van der Waals surface area (Å²) in [5, 5.41) is 3.44. The molecule has 0 unspecified atom stereocenters. The van der Waals surface area contributed by atoms with Crippen LogP contribution in [0.25, 0.3) is 0 Å². The molecular weight excluding hydrogens is 295 g/mol. The summed E-state index contributed by atoms with van der Waals surface area (Å²) in [5.41, 5.74) is 7.95. The number of hydrogen-bond donors (Lipinski definition) is 2. The first kappa shape index (κ1) is 14.9. The molecule has 0 aromatic heterocycles. The molecule has 0 atom stereocenters. The Kier molecular flexibility index (Phi) is 5.01. The molecule has 3 nitrogen and oxygen atoms in total. The Bertz CT molecular complexity index is 612. The molecule has 5 heteroatoms. The highest BCUT2D eigenvalue weighted by Gasteiger charge is 2.11. The van der Waals surface area contributed by atoms with E-state index < -0.39 is 0 Å². The molecule has 0 saturated heterocycles. The van der Waals surface area contributed by atoms with Gasteiger partial charge in [0.05, 0.1) is 15.6 Å². The van der Waals surface area contributed by atoms with Crippen molar-refractivity contribution in [3.05, 3.63) is 69.2 Å². The number of nitrogens with two attached hydrogens (primary N) is 1. The molecule has 0 spiro atoms. The van der Waals surface area contributed by atoms with Gasteiger partial charge in [0.2, 0.25) is 0 Å². The predicted octanol–water partition coefficient (Wildman–Crippen LogP) is 3.38. The standard InChI is InChI=1S/C15H14Cl2N2O/c16-13-3-1-2-12(14(13)17)15(20)19-9-11-6-4-10(8-18)5-7-11/h1-7H,8-9,18H2,(H,19,20). The van der Waals surface area contributed by atoms with Crippen molar-refractivity contribution in [3.8, 4) is 0 Å². The zero-order chi connectivity index (χ0) is 14.5. The zero-order valence-electron chi connectivity index (χ0n) is 10.7. The van der Waals surface area contributed by atoms with Crippen molar-refractivity contribution in [2.75, 3.05) is 0 Å². The SMILES string of the molecule is NCc1ccc(CNC(=O)c2cccc(Cl)c2Cl)cc1. The summed E-state index contributed by atoms with van der Waals surface area (Å²) in [6.45, 7) is 0.928. The number of nitrogens with one attached hydrogen (secondary N) is 1. The normalized spacial score (nSPS) is 10.3. The van der Waals surface area contributed by atoms with Crippen molar-refractivity contribution >= 4 is 29.1 Å². The summed E-state index contributed by atoms with van der Waals surface area (Å²) in [4.78, 5) is 12.0. The van der Waals surface area contributed by atoms with E-state index in [4.69, 9.17) is 28.9 Å². The van der Waals surface area contributed by atoms with Crippen LogP contribution >= 0.6 is 23.2 Å². The topological polar surface area (TPSA) is 55.1 Å². The van der Waals surface area contributed by atoms with Crippen LogP contribution in [0, 0.1) is 0 Å². The maximum atomic E-state index is 12.0. The molecule has 1 amide bonds. The van der Waals surface area contributed by atoms with Crippen molar-refractivity contribution in [1.82, 2.24) is 5.32 Å². The second-order valence-corrected chi connectivity index (χ2v) is 5.09. The lowest BCUT2D eigenvalue weighted by molar-refractivity contribution is 0.0951. The van der Waals surface area contributed by atoms with E-state index in [-0.39, 0.29) is 10.9 Å². The van der Waals surface area contributed by atoms with E-state index in [2.05, 4.69) is 5.32 Å². The lowest BCUT2D eigenvalue weighted by Gasteiger charge is -2.08. The first-order chi connectivity index (χ1) is 9.61. The van der Waals surface area contributed by atoms with Crippen molar-refractivity contribution in [3.63, 3.8) is 0 Å². The quantitative estimate of drug-likeness (QED) is 0.909. The number of benzene rings is 2. The van der Waals surface area contributed by atoms with Gasteiger partial charge in [0.25, 0.3) is 5.91 Å². The number of rotatable bonds is 4. The summed E-state index contributed by atoms with van der Waals surface area (Å²) in [5.74, 6) is -0.250. The monoisotopic (exact) mass is 308 g/mol. The van der Waals surface area contributed by atoms with Gasteiger partial charge in [-0.3, -0.25) is 4.79 Å². The molecule has 0 aliphatic heterocycles. The van der Waals surface area contributed by atoms with Gasteiger partial charge < -0.3 is 11.1 Å². The first-order valence-electron chi connectivity index (χ1n) is 6.12. The average Bonchev–Trinajstić information content (AvgIpc) is 2.48. The number of amides is 1. The molecule has 0 heterocycles. The molecule has 0 bridgehead atoms. The first-order valence-corrected chi connectivity index (χ1v) is 6.87. The highest BCUT2D eigenvalue weighted by atomic mass is 35.5.